The number of nitriles is 1. The van der Waals surface area contributed by atoms with Crippen LogP contribution in [-0.4, -0.2) is 19.1 Å². The van der Waals surface area contributed by atoms with Crippen LogP contribution in [-0.2, 0) is 9.53 Å². The van der Waals surface area contributed by atoms with Gasteiger partial charge >= 0.3 is 5.97 Å². The van der Waals surface area contributed by atoms with E-state index in [2.05, 4.69) is 11.4 Å². The number of ether oxygens (including phenoxy) is 1. The standard InChI is InChI=1S/C15H18N2O2/c1-19-15(18)12-5-7-13(8-6-12)17-14-4-2-3-11(9-14)10-16/h2-4,9,12-13,17H,5-8H2,1H3. The number of rotatable bonds is 3. The predicted molar refractivity (Wildman–Crippen MR) is 72.5 cm³/mol. The Morgan fingerprint density at radius 3 is 2.74 bits per heavy atom. The summed E-state index contributed by atoms with van der Waals surface area (Å²) in [5.41, 5.74) is 1.63. The summed E-state index contributed by atoms with van der Waals surface area (Å²) >= 11 is 0. The highest BCUT2D eigenvalue weighted by Gasteiger charge is 2.26. The highest BCUT2D eigenvalue weighted by molar-refractivity contribution is 5.72. The summed E-state index contributed by atoms with van der Waals surface area (Å²) in [5, 5.41) is 12.3. The Balaban J connectivity index is 1.89. The second kappa shape index (κ2) is 6.24. The summed E-state index contributed by atoms with van der Waals surface area (Å²) in [6.07, 6.45) is 3.64. The molecule has 1 fully saturated rings. The fourth-order valence-electron chi connectivity index (χ4n) is 2.55. The van der Waals surface area contributed by atoms with Crippen molar-refractivity contribution < 1.29 is 9.53 Å². The first-order chi connectivity index (χ1) is 9.22. The molecule has 19 heavy (non-hydrogen) atoms. The first-order valence-corrected chi connectivity index (χ1v) is 6.57. The largest absolute Gasteiger partial charge is 0.469 e. The van der Waals surface area contributed by atoms with Crippen LogP contribution < -0.4 is 5.32 Å². The first-order valence-electron chi connectivity index (χ1n) is 6.57. The molecule has 1 aromatic rings. The van der Waals surface area contributed by atoms with Crippen molar-refractivity contribution in [3.63, 3.8) is 0 Å². The molecule has 1 aromatic carbocycles. The molecule has 0 bridgehead atoms. The van der Waals surface area contributed by atoms with Crippen LogP contribution in [0.25, 0.3) is 0 Å². The van der Waals surface area contributed by atoms with Gasteiger partial charge in [-0.3, -0.25) is 4.79 Å². The third-order valence-electron chi connectivity index (χ3n) is 3.62. The molecule has 0 saturated heterocycles. The molecule has 1 aliphatic rings. The van der Waals surface area contributed by atoms with E-state index >= 15 is 0 Å². The Labute approximate surface area is 113 Å². The molecule has 0 spiro atoms. The molecule has 0 aromatic heterocycles. The minimum atomic E-state index is -0.0927. The molecule has 0 atom stereocenters. The maximum atomic E-state index is 11.4. The Hall–Kier alpha value is -2.02. The SMILES string of the molecule is COC(=O)C1CCC(Nc2cccc(C#N)c2)CC1. The molecular weight excluding hydrogens is 240 g/mol. The van der Waals surface area contributed by atoms with Gasteiger partial charge in [0.2, 0.25) is 0 Å². The predicted octanol–water partition coefficient (Wildman–Crippen LogP) is 2.70. The van der Waals surface area contributed by atoms with E-state index in [0.29, 0.717) is 11.6 Å². The molecule has 4 heteroatoms. The van der Waals surface area contributed by atoms with E-state index in [9.17, 15) is 4.79 Å². The highest BCUT2D eigenvalue weighted by Crippen LogP contribution is 2.27. The van der Waals surface area contributed by atoms with Crippen molar-refractivity contribution in [3.05, 3.63) is 29.8 Å². The maximum Gasteiger partial charge on any atom is 0.308 e. The summed E-state index contributed by atoms with van der Waals surface area (Å²) in [5.74, 6) is -0.0431. The lowest BCUT2D eigenvalue weighted by molar-refractivity contribution is -0.146. The van der Waals surface area contributed by atoms with Crippen LogP contribution in [0.2, 0.25) is 0 Å². The quantitative estimate of drug-likeness (QED) is 0.847. The van der Waals surface area contributed by atoms with Crippen molar-refractivity contribution in [1.29, 1.82) is 5.26 Å². The van der Waals surface area contributed by atoms with Gasteiger partial charge in [-0.2, -0.15) is 5.26 Å². The van der Waals surface area contributed by atoms with Crippen LogP contribution in [0.4, 0.5) is 5.69 Å². The topological polar surface area (TPSA) is 62.1 Å². The third kappa shape index (κ3) is 3.47. The molecular formula is C15H18N2O2. The molecule has 0 amide bonds. The van der Waals surface area contributed by atoms with Gasteiger partial charge in [0.05, 0.1) is 24.7 Å². The van der Waals surface area contributed by atoms with Crippen molar-refractivity contribution in [1.82, 2.24) is 0 Å². The number of carbonyl (C=O) groups is 1. The molecule has 100 valence electrons. The van der Waals surface area contributed by atoms with Gasteiger partial charge in [0.1, 0.15) is 0 Å². The average Bonchev–Trinajstić information content (AvgIpc) is 2.47. The van der Waals surface area contributed by atoms with Crippen molar-refractivity contribution >= 4 is 11.7 Å². The fourth-order valence-corrected chi connectivity index (χ4v) is 2.55. The number of anilines is 1. The number of hydrogen-bond donors (Lipinski definition) is 1. The van der Waals surface area contributed by atoms with Gasteiger partial charge < -0.3 is 10.1 Å². The van der Waals surface area contributed by atoms with Crippen molar-refractivity contribution in [2.75, 3.05) is 12.4 Å². The summed E-state index contributed by atoms with van der Waals surface area (Å²) in [4.78, 5) is 11.4. The lowest BCUT2D eigenvalue weighted by atomic mass is 9.86. The van der Waals surface area contributed by atoms with Gasteiger partial charge in [0.15, 0.2) is 0 Å². The summed E-state index contributed by atoms with van der Waals surface area (Å²) in [6, 6.07) is 9.99. The third-order valence-corrected chi connectivity index (χ3v) is 3.62. The van der Waals surface area contributed by atoms with Crippen LogP contribution >= 0.6 is 0 Å². The Kier molecular flexibility index (Phi) is 4.40. The number of nitrogens with zero attached hydrogens (tertiary/aromatic N) is 1. The Morgan fingerprint density at radius 1 is 1.37 bits per heavy atom. The Bertz CT molecular complexity index is 485. The average molecular weight is 258 g/mol. The fraction of sp³-hybridized carbons (Fsp3) is 0.467. The summed E-state index contributed by atoms with van der Waals surface area (Å²) in [7, 11) is 1.44. The number of benzene rings is 1. The second-order valence-electron chi connectivity index (χ2n) is 4.91. The Morgan fingerprint density at radius 2 is 2.11 bits per heavy atom. The minimum absolute atomic E-state index is 0.0495. The van der Waals surface area contributed by atoms with E-state index in [4.69, 9.17) is 10.00 Å². The number of carbonyl (C=O) groups excluding carboxylic acids is 1. The van der Waals surface area contributed by atoms with Gasteiger partial charge in [0.25, 0.3) is 0 Å². The summed E-state index contributed by atoms with van der Waals surface area (Å²) in [6.45, 7) is 0. The maximum absolute atomic E-state index is 11.4. The highest BCUT2D eigenvalue weighted by atomic mass is 16.5. The number of nitrogens with one attached hydrogen (secondary N) is 1. The van der Waals surface area contributed by atoms with Gasteiger partial charge in [0, 0.05) is 11.7 Å². The molecule has 0 aliphatic heterocycles. The lowest BCUT2D eigenvalue weighted by Gasteiger charge is -2.28. The van der Waals surface area contributed by atoms with Crippen LogP contribution in [0.15, 0.2) is 24.3 Å². The monoisotopic (exact) mass is 258 g/mol. The van der Waals surface area contributed by atoms with E-state index in [1.165, 1.54) is 7.11 Å². The van der Waals surface area contributed by atoms with Crippen LogP contribution in [0.5, 0.6) is 0 Å². The molecule has 1 N–H and O–H groups in total. The zero-order valence-electron chi connectivity index (χ0n) is 11.1. The normalized spacial score (nSPS) is 22.3. The van der Waals surface area contributed by atoms with Crippen molar-refractivity contribution in [2.45, 2.75) is 31.7 Å². The second-order valence-corrected chi connectivity index (χ2v) is 4.91. The minimum Gasteiger partial charge on any atom is -0.469 e. The number of esters is 1. The molecule has 0 heterocycles. The van der Waals surface area contributed by atoms with Crippen molar-refractivity contribution in [3.8, 4) is 6.07 Å². The van der Waals surface area contributed by atoms with Gasteiger partial charge in [-0.05, 0) is 43.9 Å². The van der Waals surface area contributed by atoms with Crippen LogP contribution in [0.3, 0.4) is 0 Å². The molecule has 4 nitrogen and oxygen atoms in total. The molecule has 2 rings (SSSR count). The number of hydrogen-bond acceptors (Lipinski definition) is 4. The lowest BCUT2D eigenvalue weighted by Crippen LogP contribution is -2.29. The van der Waals surface area contributed by atoms with E-state index in [0.717, 1.165) is 31.4 Å². The number of methoxy groups -OCH3 is 1. The van der Waals surface area contributed by atoms with E-state index in [1.54, 1.807) is 6.07 Å². The molecule has 1 saturated carbocycles. The van der Waals surface area contributed by atoms with Crippen molar-refractivity contribution in [2.24, 2.45) is 5.92 Å². The smallest absolute Gasteiger partial charge is 0.308 e. The van der Waals surface area contributed by atoms with Crippen LogP contribution in [0, 0.1) is 17.2 Å². The molecule has 0 radical (unpaired) electrons. The van der Waals surface area contributed by atoms with Gasteiger partial charge in [-0.1, -0.05) is 6.07 Å². The van der Waals surface area contributed by atoms with Gasteiger partial charge in [-0.15, -0.1) is 0 Å². The zero-order valence-corrected chi connectivity index (χ0v) is 11.1. The van der Waals surface area contributed by atoms with E-state index in [-0.39, 0.29) is 11.9 Å². The first kappa shape index (κ1) is 13.4. The van der Waals surface area contributed by atoms with Crippen LogP contribution in [0.1, 0.15) is 31.2 Å². The molecule has 1 aliphatic carbocycles. The molecule has 0 unspecified atom stereocenters. The summed E-state index contributed by atoms with van der Waals surface area (Å²) < 4.78 is 4.78. The van der Waals surface area contributed by atoms with E-state index in [1.807, 2.05) is 18.2 Å². The zero-order chi connectivity index (χ0) is 13.7. The van der Waals surface area contributed by atoms with E-state index < -0.39 is 0 Å². The van der Waals surface area contributed by atoms with Gasteiger partial charge in [-0.25, -0.2) is 0 Å².